The molecule has 0 unspecified atom stereocenters. The lowest BCUT2D eigenvalue weighted by molar-refractivity contribution is -0.253. The maximum absolute atomic E-state index is 14.9. The largest absolute Gasteiger partial charge is 0.461 e. The normalized spacial score (nSPS) is 13.5. The number of carbonyl (C=O) groups is 1. The van der Waals surface area contributed by atoms with Crippen LogP contribution in [0.4, 0.5) is 43.9 Å². The van der Waals surface area contributed by atoms with Crippen molar-refractivity contribution in [3.8, 4) is 5.75 Å². The first-order valence-corrected chi connectivity index (χ1v) is 12.2. The van der Waals surface area contributed by atoms with Crippen molar-refractivity contribution in [2.45, 2.75) is 30.7 Å². The molecule has 0 aromatic heterocycles. The molecule has 0 aliphatic rings. The lowest BCUT2D eigenvalue weighted by atomic mass is 9.77. The summed E-state index contributed by atoms with van der Waals surface area (Å²) in [6.45, 7) is 0. The molecule has 43 heavy (non-hydrogen) atoms. The Morgan fingerprint density at radius 3 is 2.14 bits per heavy atom. The second kappa shape index (κ2) is 12.0. The van der Waals surface area contributed by atoms with Crippen LogP contribution in [0.1, 0.15) is 32.6 Å². The van der Waals surface area contributed by atoms with Crippen LogP contribution in [0.2, 0.25) is 0 Å². The van der Waals surface area contributed by atoms with E-state index in [4.69, 9.17) is 0 Å². The van der Waals surface area contributed by atoms with Gasteiger partial charge in [0, 0.05) is 24.1 Å². The molecule has 0 fully saturated rings. The minimum atomic E-state index is -5.18. The molecule has 13 heteroatoms. The maximum Gasteiger partial charge on any atom is 0.461 e. The van der Waals surface area contributed by atoms with Crippen LogP contribution in [-0.4, -0.2) is 18.4 Å². The number of benzene rings is 4. The molecule has 0 saturated heterocycles. The van der Waals surface area contributed by atoms with Gasteiger partial charge in [-0.3, -0.25) is 4.79 Å². The van der Waals surface area contributed by atoms with Crippen molar-refractivity contribution in [3.63, 3.8) is 0 Å². The molecule has 4 rings (SSSR count). The predicted molar refractivity (Wildman–Crippen MR) is 133 cm³/mol. The average Bonchev–Trinajstić information content (AvgIpc) is 2.92. The van der Waals surface area contributed by atoms with E-state index in [1.807, 2.05) is 0 Å². The summed E-state index contributed by atoms with van der Waals surface area (Å²) in [5.74, 6) is -6.18. The molecule has 1 atom stereocenters. The molecule has 1 amide bonds. The van der Waals surface area contributed by atoms with Crippen LogP contribution in [0.3, 0.4) is 0 Å². The van der Waals surface area contributed by atoms with Crippen molar-refractivity contribution < 1.29 is 53.4 Å². The van der Waals surface area contributed by atoms with Gasteiger partial charge in [0.1, 0.15) is 23.2 Å². The number of hydrogen-bond acceptors (Lipinski definition) is 2. The zero-order valence-corrected chi connectivity index (χ0v) is 21.5. The molecule has 0 aliphatic carbocycles. The highest BCUT2D eigenvalue weighted by molar-refractivity contribution is 5.95. The number of nitrogens with one attached hydrogen (secondary N) is 1. The van der Waals surface area contributed by atoms with Gasteiger partial charge in [-0.15, -0.1) is 0 Å². The first-order chi connectivity index (χ1) is 20.1. The zero-order chi connectivity index (χ0) is 31.6. The Morgan fingerprint density at radius 1 is 0.837 bits per heavy atom. The van der Waals surface area contributed by atoms with Crippen molar-refractivity contribution in [3.05, 3.63) is 136 Å². The molecule has 4 aromatic carbocycles. The topological polar surface area (TPSA) is 38.3 Å². The molecule has 225 valence electrons. The van der Waals surface area contributed by atoms with Gasteiger partial charge in [0.2, 0.25) is 0 Å². The van der Waals surface area contributed by atoms with Crippen LogP contribution in [0.15, 0.2) is 84.9 Å². The molecule has 0 heterocycles. The van der Waals surface area contributed by atoms with Crippen LogP contribution < -0.4 is 10.1 Å². The SMILES string of the molecule is O=C(N[C@](Cc1ccccc1)(c1c[c]c(F)cc1)c1cc(F)cc(OC(F)(F)C(F)F)c1)c1ccc(F)c(C(F)(F)F)c1. The van der Waals surface area contributed by atoms with Gasteiger partial charge < -0.3 is 10.1 Å². The molecule has 0 bridgehead atoms. The lowest BCUT2D eigenvalue weighted by Gasteiger charge is -2.37. The van der Waals surface area contributed by atoms with Crippen LogP contribution in [0, 0.1) is 23.5 Å². The Bertz CT molecular complexity index is 1590. The summed E-state index contributed by atoms with van der Waals surface area (Å²) in [5.41, 5.74) is -4.64. The highest BCUT2D eigenvalue weighted by Gasteiger charge is 2.45. The summed E-state index contributed by atoms with van der Waals surface area (Å²) >= 11 is 0. The molecule has 0 aliphatic heterocycles. The van der Waals surface area contributed by atoms with E-state index in [-0.39, 0.29) is 18.1 Å². The second-order valence-electron chi connectivity index (χ2n) is 9.28. The first-order valence-electron chi connectivity index (χ1n) is 12.2. The molecule has 1 N–H and O–H groups in total. The smallest absolute Gasteiger partial charge is 0.428 e. The minimum Gasteiger partial charge on any atom is -0.428 e. The number of hydrogen-bond donors (Lipinski definition) is 1. The molecule has 3 nitrogen and oxygen atoms in total. The van der Waals surface area contributed by atoms with Gasteiger partial charge >= 0.3 is 18.7 Å². The number of halogens is 10. The summed E-state index contributed by atoms with van der Waals surface area (Å²) in [4.78, 5) is 13.5. The van der Waals surface area contributed by atoms with E-state index in [9.17, 15) is 48.7 Å². The third-order valence-electron chi connectivity index (χ3n) is 6.31. The van der Waals surface area contributed by atoms with E-state index in [0.717, 1.165) is 36.4 Å². The summed E-state index contributed by atoms with van der Waals surface area (Å²) in [5, 5.41) is 2.46. The fraction of sp³-hybridized carbons (Fsp3) is 0.167. The van der Waals surface area contributed by atoms with Crippen LogP contribution in [0.5, 0.6) is 5.75 Å². The Hall–Kier alpha value is -4.55. The minimum absolute atomic E-state index is 0.0681. The van der Waals surface area contributed by atoms with E-state index in [1.54, 1.807) is 18.2 Å². The molecule has 1 radical (unpaired) electrons. The van der Waals surface area contributed by atoms with Gasteiger partial charge in [-0.05, 0) is 59.2 Å². The van der Waals surface area contributed by atoms with Crippen molar-refractivity contribution >= 4 is 5.91 Å². The Kier molecular flexibility index (Phi) is 8.74. The van der Waals surface area contributed by atoms with Gasteiger partial charge in [-0.1, -0.05) is 36.4 Å². The molecular formula is C30H18F10NO2. The Labute approximate surface area is 237 Å². The zero-order valence-electron chi connectivity index (χ0n) is 21.5. The van der Waals surface area contributed by atoms with E-state index < -0.39 is 70.0 Å². The van der Waals surface area contributed by atoms with Crippen molar-refractivity contribution in [1.82, 2.24) is 5.32 Å². The summed E-state index contributed by atoms with van der Waals surface area (Å²) in [7, 11) is 0. The van der Waals surface area contributed by atoms with E-state index in [0.29, 0.717) is 17.7 Å². The summed E-state index contributed by atoms with van der Waals surface area (Å²) in [6.07, 6.45) is -14.9. The van der Waals surface area contributed by atoms with Gasteiger partial charge in [-0.2, -0.15) is 30.7 Å². The summed E-state index contributed by atoms with van der Waals surface area (Å²) in [6, 6.07) is 16.3. The van der Waals surface area contributed by atoms with Gasteiger partial charge in [0.15, 0.2) is 0 Å². The monoisotopic (exact) mass is 614 g/mol. The first kappa shape index (κ1) is 31.4. The highest BCUT2D eigenvalue weighted by Crippen LogP contribution is 2.38. The third kappa shape index (κ3) is 7.09. The van der Waals surface area contributed by atoms with Gasteiger partial charge in [-0.25, -0.2) is 13.2 Å². The molecular weight excluding hydrogens is 596 g/mol. The molecule has 4 aromatic rings. The van der Waals surface area contributed by atoms with Gasteiger partial charge in [0.25, 0.3) is 5.91 Å². The van der Waals surface area contributed by atoms with E-state index in [1.165, 1.54) is 12.1 Å². The Morgan fingerprint density at radius 2 is 1.53 bits per heavy atom. The summed E-state index contributed by atoms with van der Waals surface area (Å²) < 4.78 is 140. The maximum atomic E-state index is 14.9. The highest BCUT2D eigenvalue weighted by atomic mass is 19.4. The lowest BCUT2D eigenvalue weighted by Crippen LogP contribution is -2.49. The van der Waals surface area contributed by atoms with Crippen molar-refractivity contribution in [2.75, 3.05) is 0 Å². The standard InChI is InChI=1S/C30H18F10NO2/c31-21-9-7-19(8-10-21)28(16-17-4-2-1-3-5-17,20-13-22(32)15-23(14-20)43-30(39,40)27(34)35)41-26(42)18-6-11-25(33)24(12-18)29(36,37)38/h1-9,11-15,27H,16H2,(H,41,42)/t28-/m1/s1. The fourth-order valence-electron chi connectivity index (χ4n) is 4.35. The molecule has 0 spiro atoms. The van der Waals surface area contributed by atoms with E-state index in [2.05, 4.69) is 16.1 Å². The van der Waals surface area contributed by atoms with Crippen molar-refractivity contribution in [2.24, 2.45) is 0 Å². The molecule has 0 saturated carbocycles. The number of alkyl halides is 7. The number of carbonyl (C=O) groups excluding carboxylic acids is 1. The van der Waals surface area contributed by atoms with Crippen LogP contribution in [-0.2, 0) is 18.1 Å². The van der Waals surface area contributed by atoms with E-state index >= 15 is 0 Å². The van der Waals surface area contributed by atoms with Crippen molar-refractivity contribution in [1.29, 1.82) is 0 Å². The second-order valence-corrected chi connectivity index (χ2v) is 9.28. The third-order valence-corrected chi connectivity index (χ3v) is 6.31. The number of amides is 1. The van der Waals surface area contributed by atoms with Crippen LogP contribution >= 0.6 is 0 Å². The fourth-order valence-corrected chi connectivity index (χ4v) is 4.35. The quantitative estimate of drug-likeness (QED) is 0.194. The number of ether oxygens (including phenoxy) is 1. The average molecular weight is 614 g/mol. The predicted octanol–water partition coefficient (Wildman–Crippen LogP) is 8.08. The Balaban J connectivity index is 1.95. The van der Waals surface area contributed by atoms with Crippen LogP contribution in [0.25, 0.3) is 0 Å². The number of rotatable bonds is 9. The van der Waals surface area contributed by atoms with Gasteiger partial charge in [0.05, 0.1) is 11.1 Å².